The molecule has 126 valence electrons. The summed E-state index contributed by atoms with van der Waals surface area (Å²) in [5.41, 5.74) is 2.60. The average Bonchev–Trinajstić information content (AvgIpc) is 3.09. The van der Waals surface area contributed by atoms with E-state index in [0.717, 1.165) is 26.2 Å². The number of nitrogens with one attached hydrogen (secondary N) is 1. The summed E-state index contributed by atoms with van der Waals surface area (Å²) in [6.45, 7) is 9.72. The van der Waals surface area contributed by atoms with Gasteiger partial charge in [-0.25, -0.2) is 4.79 Å². The molecule has 2 aliphatic heterocycles. The Morgan fingerprint density at radius 3 is 1.83 bits per heavy atom. The average molecular weight is 316 g/mol. The van der Waals surface area contributed by atoms with Gasteiger partial charge in [0.2, 0.25) is 0 Å². The molecular weight excluding hydrogens is 288 g/mol. The monoisotopic (exact) mass is 316 g/mol. The quantitative estimate of drug-likeness (QED) is 0.931. The molecule has 2 amide bonds. The highest BCUT2D eigenvalue weighted by molar-refractivity contribution is 5.74. The highest BCUT2D eigenvalue weighted by Crippen LogP contribution is 2.24. The van der Waals surface area contributed by atoms with Crippen molar-refractivity contribution in [3.63, 3.8) is 0 Å². The van der Waals surface area contributed by atoms with Crippen LogP contribution in [0.25, 0.3) is 0 Å². The number of piperazine rings is 1. The van der Waals surface area contributed by atoms with Gasteiger partial charge in [-0.3, -0.25) is 0 Å². The highest BCUT2D eigenvalue weighted by atomic mass is 16.2. The third kappa shape index (κ3) is 3.89. The van der Waals surface area contributed by atoms with Gasteiger partial charge < -0.3 is 20.0 Å². The number of anilines is 2. The van der Waals surface area contributed by atoms with Crippen LogP contribution in [0.3, 0.4) is 0 Å². The standard InChI is InChI=1S/C18H28N4O/c1-15(2)19-18(23)22-13-11-21(12-14-22)17-7-5-16(6-8-17)20-9-3-4-10-20/h5-8,15H,3-4,9-14H2,1-2H3,(H,19,23). The summed E-state index contributed by atoms with van der Waals surface area (Å²) in [6, 6.07) is 9.16. The van der Waals surface area contributed by atoms with Gasteiger partial charge in [-0.15, -0.1) is 0 Å². The molecule has 2 saturated heterocycles. The second-order valence-corrected chi connectivity index (χ2v) is 6.79. The predicted octanol–water partition coefficient (Wildman–Crippen LogP) is 2.53. The van der Waals surface area contributed by atoms with Crippen molar-refractivity contribution in [3.8, 4) is 0 Å². The van der Waals surface area contributed by atoms with E-state index in [-0.39, 0.29) is 12.1 Å². The van der Waals surface area contributed by atoms with Gasteiger partial charge in [0, 0.05) is 56.7 Å². The molecular formula is C18H28N4O. The fourth-order valence-corrected chi connectivity index (χ4v) is 3.36. The van der Waals surface area contributed by atoms with Gasteiger partial charge in [-0.05, 0) is 51.0 Å². The Kier molecular flexibility index (Phi) is 4.94. The van der Waals surface area contributed by atoms with Crippen molar-refractivity contribution < 1.29 is 4.79 Å². The largest absolute Gasteiger partial charge is 0.372 e. The van der Waals surface area contributed by atoms with Gasteiger partial charge >= 0.3 is 6.03 Å². The van der Waals surface area contributed by atoms with Crippen LogP contribution in [-0.4, -0.2) is 56.2 Å². The van der Waals surface area contributed by atoms with E-state index in [1.807, 2.05) is 18.7 Å². The molecule has 0 atom stereocenters. The smallest absolute Gasteiger partial charge is 0.317 e. The van der Waals surface area contributed by atoms with E-state index in [1.54, 1.807) is 0 Å². The van der Waals surface area contributed by atoms with E-state index in [1.165, 1.54) is 37.3 Å². The van der Waals surface area contributed by atoms with Crippen molar-refractivity contribution in [2.24, 2.45) is 0 Å². The van der Waals surface area contributed by atoms with E-state index >= 15 is 0 Å². The van der Waals surface area contributed by atoms with E-state index in [0.29, 0.717) is 0 Å². The number of carbonyl (C=O) groups is 1. The molecule has 1 aromatic carbocycles. The second kappa shape index (κ2) is 7.11. The van der Waals surface area contributed by atoms with Crippen molar-refractivity contribution in [3.05, 3.63) is 24.3 Å². The van der Waals surface area contributed by atoms with Crippen LogP contribution in [0.4, 0.5) is 16.2 Å². The molecule has 3 rings (SSSR count). The van der Waals surface area contributed by atoms with Gasteiger partial charge in [-0.2, -0.15) is 0 Å². The van der Waals surface area contributed by atoms with Crippen LogP contribution in [-0.2, 0) is 0 Å². The lowest BCUT2D eigenvalue weighted by atomic mass is 10.2. The fourth-order valence-electron chi connectivity index (χ4n) is 3.36. The summed E-state index contributed by atoms with van der Waals surface area (Å²) in [6.07, 6.45) is 2.62. The Morgan fingerprint density at radius 1 is 0.870 bits per heavy atom. The summed E-state index contributed by atoms with van der Waals surface area (Å²) < 4.78 is 0. The van der Waals surface area contributed by atoms with Crippen molar-refractivity contribution in [1.29, 1.82) is 0 Å². The van der Waals surface area contributed by atoms with Crippen molar-refractivity contribution in [2.45, 2.75) is 32.7 Å². The Bertz CT molecular complexity index is 514. The summed E-state index contributed by atoms with van der Waals surface area (Å²) >= 11 is 0. The summed E-state index contributed by atoms with van der Waals surface area (Å²) in [4.78, 5) is 18.8. The number of benzene rings is 1. The van der Waals surface area contributed by atoms with Gasteiger partial charge in [0.15, 0.2) is 0 Å². The van der Waals surface area contributed by atoms with E-state index in [4.69, 9.17) is 0 Å². The van der Waals surface area contributed by atoms with Crippen LogP contribution in [0, 0.1) is 0 Å². The number of urea groups is 1. The minimum Gasteiger partial charge on any atom is -0.372 e. The molecule has 0 radical (unpaired) electrons. The first kappa shape index (κ1) is 16.0. The van der Waals surface area contributed by atoms with Gasteiger partial charge in [-0.1, -0.05) is 0 Å². The molecule has 1 N–H and O–H groups in total. The molecule has 0 aromatic heterocycles. The molecule has 5 nitrogen and oxygen atoms in total. The van der Waals surface area contributed by atoms with Crippen LogP contribution in [0.5, 0.6) is 0 Å². The normalized spacial score (nSPS) is 18.7. The molecule has 0 saturated carbocycles. The van der Waals surface area contributed by atoms with Crippen molar-refractivity contribution in [1.82, 2.24) is 10.2 Å². The lowest BCUT2D eigenvalue weighted by Gasteiger charge is -2.36. The third-order valence-electron chi connectivity index (χ3n) is 4.67. The summed E-state index contributed by atoms with van der Waals surface area (Å²) in [5, 5.41) is 2.97. The predicted molar refractivity (Wildman–Crippen MR) is 95.3 cm³/mol. The van der Waals surface area contributed by atoms with Crippen LogP contribution >= 0.6 is 0 Å². The third-order valence-corrected chi connectivity index (χ3v) is 4.67. The zero-order chi connectivity index (χ0) is 16.2. The number of hydrogen-bond donors (Lipinski definition) is 1. The van der Waals surface area contributed by atoms with Crippen LogP contribution in [0.2, 0.25) is 0 Å². The van der Waals surface area contributed by atoms with Gasteiger partial charge in [0.05, 0.1) is 0 Å². The van der Waals surface area contributed by atoms with Crippen molar-refractivity contribution in [2.75, 3.05) is 49.1 Å². The lowest BCUT2D eigenvalue weighted by Crippen LogP contribution is -2.52. The maximum Gasteiger partial charge on any atom is 0.317 e. The number of carbonyl (C=O) groups excluding carboxylic acids is 1. The maximum atomic E-state index is 12.0. The minimum absolute atomic E-state index is 0.0593. The fraction of sp³-hybridized carbons (Fsp3) is 0.611. The molecule has 0 aliphatic carbocycles. The van der Waals surface area contributed by atoms with Crippen LogP contribution in [0.1, 0.15) is 26.7 Å². The molecule has 2 fully saturated rings. The molecule has 0 bridgehead atoms. The topological polar surface area (TPSA) is 38.8 Å². The molecule has 0 unspecified atom stereocenters. The lowest BCUT2D eigenvalue weighted by molar-refractivity contribution is 0.192. The van der Waals surface area contributed by atoms with Crippen LogP contribution in [0.15, 0.2) is 24.3 Å². The number of nitrogens with zero attached hydrogens (tertiary/aromatic N) is 3. The number of rotatable bonds is 3. The van der Waals surface area contributed by atoms with Gasteiger partial charge in [0.25, 0.3) is 0 Å². The van der Waals surface area contributed by atoms with E-state index < -0.39 is 0 Å². The number of amides is 2. The molecule has 1 aromatic rings. The summed E-state index contributed by atoms with van der Waals surface area (Å²) in [7, 11) is 0. The molecule has 23 heavy (non-hydrogen) atoms. The van der Waals surface area contributed by atoms with E-state index in [2.05, 4.69) is 39.4 Å². The first-order chi connectivity index (χ1) is 11.1. The SMILES string of the molecule is CC(C)NC(=O)N1CCN(c2ccc(N3CCCC3)cc2)CC1. The van der Waals surface area contributed by atoms with Crippen LogP contribution < -0.4 is 15.1 Å². The Morgan fingerprint density at radius 2 is 1.35 bits per heavy atom. The molecule has 0 spiro atoms. The first-order valence-corrected chi connectivity index (χ1v) is 8.79. The minimum atomic E-state index is 0.0593. The number of hydrogen-bond acceptors (Lipinski definition) is 3. The Labute approximate surface area is 139 Å². The highest BCUT2D eigenvalue weighted by Gasteiger charge is 2.21. The maximum absolute atomic E-state index is 12.0. The second-order valence-electron chi connectivity index (χ2n) is 6.79. The zero-order valence-corrected chi connectivity index (χ0v) is 14.3. The zero-order valence-electron chi connectivity index (χ0n) is 14.3. The Hall–Kier alpha value is -1.91. The van der Waals surface area contributed by atoms with E-state index in [9.17, 15) is 4.79 Å². The molecule has 5 heteroatoms. The Balaban J connectivity index is 1.54. The van der Waals surface area contributed by atoms with Gasteiger partial charge in [0.1, 0.15) is 0 Å². The first-order valence-electron chi connectivity index (χ1n) is 8.79. The molecule has 2 heterocycles. The van der Waals surface area contributed by atoms with Crippen molar-refractivity contribution >= 4 is 17.4 Å². The molecule has 2 aliphatic rings. The summed E-state index contributed by atoms with van der Waals surface area (Å²) in [5.74, 6) is 0.